The number of nitrogens with one attached hydrogen (secondary N) is 1. The molecule has 0 aliphatic carbocycles. The van der Waals surface area contributed by atoms with Crippen molar-refractivity contribution in [2.45, 2.75) is 18.9 Å². The first-order chi connectivity index (χ1) is 11.8. The number of anilines is 1. The molecule has 0 saturated carbocycles. The van der Waals surface area contributed by atoms with Crippen LogP contribution in [0.15, 0.2) is 54.6 Å². The summed E-state index contributed by atoms with van der Waals surface area (Å²) in [5.74, 6) is 0. The summed E-state index contributed by atoms with van der Waals surface area (Å²) in [5.41, 5.74) is 4.04. The fraction of sp³-hybridized carbons (Fsp3) is 0.350. The SMILES string of the molecule is O=C(NCCc1ccccc1)N1CC(N2CCc3ccccc32)C1. The number of amides is 2. The highest BCUT2D eigenvalue weighted by Crippen LogP contribution is 2.31. The summed E-state index contributed by atoms with van der Waals surface area (Å²) in [4.78, 5) is 16.6. The number of fused-ring (bicyclic) bond motifs is 1. The molecular formula is C20H23N3O. The zero-order valence-corrected chi connectivity index (χ0v) is 13.8. The molecule has 1 N–H and O–H groups in total. The minimum atomic E-state index is 0.0645. The topological polar surface area (TPSA) is 35.6 Å². The van der Waals surface area contributed by atoms with Gasteiger partial charge in [0.15, 0.2) is 0 Å². The zero-order chi connectivity index (χ0) is 16.4. The monoisotopic (exact) mass is 321 g/mol. The van der Waals surface area contributed by atoms with Gasteiger partial charge in [0.1, 0.15) is 0 Å². The number of nitrogens with zero attached hydrogens (tertiary/aromatic N) is 2. The van der Waals surface area contributed by atoms with Gasteiger partial charge in [0.05, 0.1) is 6.04 Å². The molecule has 4 heteroatoms. The quantitative estimate of drug-likeness (QED) is 0.940. The molecule has 2 heterocycles. The van der Waals surface area contributed by atoms with E-state index in [1.54, 1.807) is 0 Å². The molecule has 2 aromatic rings. The summed E-state index contributed by atoms with van der Waals surface area (Å²) < 4.78 is 0. The van der Waals surface area contributed by atoms with Crippen molar-refractivity contribution >= 4 is 11.7 Å². The first kappa shape index (κ1) is 15.1. The summed E-state index contributed by atoms with van der Waals surface area (Å²) in [6.45, 7) is 3.42. The lowest BCUT2D eigenvalue weighted by Gasteiger charge is -2.45. The van der Waals surface area contributed by atoms with Gasteiger partial charge in [0.25, 0.3) is 0 Å². The molecule has 2 aliphatic rings. The second kappa shape index (κ2) is 6.56. The Morgan fingerprint density at radius 2 is 1.79 bits per heavy atom. The van der Waals surface area contributed by atoms with Gasteiger partial charge in [-0.3, -0.25) is 0 Å². The minimum absolute atomic E-state index is 0.0645. The van der Waals surface area contributed by atoms with E-state index in [-0.39, 0.29) is 6.03 Å². The maximum atomic E-state index is 12.2. The molecule has 0 bridgehead atoms. The molecule has 2 aromatic carbocycles. The first-order valence-electron chi connectivity index (χ1n) is 8.72. The van der Waals surface area contributed by atoms with Gasteiger partial charge in [0, 0.05) is 31.9 Å². The normalized spacial score (nSPS) is 16.7. The maximum Gasteiger partial charge on any atom is 0.317 e. The largest absolute Gasteiger partial charge is 0.364 e. The van der Waals surface area contributed by atoms with E-state index in [2.05, 4.69) is 46.6 Å². The van der Waals surface area contributed by atoms with Gasteiger partial charge in [-0.05, 0) is 30.0 Å². The van der Waals surface area contributed by atoms with E-state index in [9.17, 15) is 4.79 Å². The first-order valence-corrected chi connectivity index (χ1v) is 8.72. The molecule has 0 unspecified atom stereocenters. The highest BCUT2D eigenvalue weighted by molar-refractivity contribution is 5.75. The molecule has 1 saturated heterocycles. The van der Waals surface area contributed by atoms with Gasteiger partial charge in [-0.25, -0.2) is 4.79 Å². The van der Waals surface area contributed by atoms with Gasteiger partial charge in [0.2, 0.25) is 0 Å². The fourth-order valence-electron chi connectivity index (χ4n) is 3.63. The second-order valence-electron chi connectivity index (χ2n) is 6.60. The molecular weight excluding hydrogens is 298 g/mol. The molecule has 0 aromatic heterocycles. The van der Waals surface area contributed by atoms with Gasteiger partial charge < -0.3 is 15.1 Å². The smallest absolute Gasteiger partial charge is 0.317 e. The van der Waals surface area contributed by atoms with Gasteiger partial charge >= 0.3 is 6.03 Å². The summed E-state index contributed by atoms with van der Waals surface area (Å²) in [6.07, 6.45) is 2.00. The number of hydrogen-bond donors (Lipinski definition) is 1. The number of benzene rings is 2. The van der Waals surface area contributed by atoms with Crippen LogP contribution in [0.1, 0.15) is 11.1 Å². The van der Waals surface area contributed by atoms with Crippen LogP contribution in [0.25, 0.3) is 0 Å². The van der Waals surface area contributed by atoms with Crippen molar-refractivity contribution in [3.05, 3.63) is 65.7 Å². The van der Waals surface area contributed by atoms with Crippen LogP contribution in [0.4, 0.5) is 10.5 Å². The number of para-hydroxylation sites is 1. The Bertz CT molecular complexity index is 710. The van der Waals surface area contributed by atoms with Crippen molar-refractivity contribution in [2.24, 2.45) is 0 Å². The van der Waals surface area contributed by atoms with Crippen LogP contribution in [-0.4, -0.2) is 43.2 Å². The Morgan fingerprint density at radius 3 is 2.62 bits per heavy atom. The van der Waals surface area contributed by atoms with Crippen molar-refractivity contribution in [1.82, 2.24) is 10.2 Å². The third kappa shape index (κ3) is 2.96. The highest BCUT2D eigenvalue weighted by atomic mass is 16.2. The highest BCUT2D eigenvalue weighted by Gasteiger charge is 2.37. The summed E-state index contributed by atoms with van der Waals surface area (Å²) >= 11 is 0. The lowest BCUT2D eigenvalue weighted by atomic mass is 10.1. The number of rotatable bonds is 4. The standard InChI is InChI=1S/C20H23N3O/c24-20(21-12-10-16-6-2-1-3-7-16)22-14-18(15-22)23-13-11-17-8-4-5-9-19(17)23/h1-9,18H,10-15H2,(H,21,24). The van der Waals surface area contributed by atoms with Crippen molar-refractivity contribution in [3.63, 3.8) is 0 Å². The van der Waals surface area contributed by atoms with Gasteiger partial charge in [-0.1, -0.05) is 48.5 Å². The van der Waals surface area contributed by atoms with E-state index in [1.807, 2.05) is 23.1 Å². The third-order valence-corrected chi connectivity index (χ3v) is 5.05. The van der Waals surface area contributed by atoms with Crippen molar-refractivity contribution in [1.29, 1.82) is 0 Å². The lowest BCUT2D eigenvalue weighted by molar-refractivity contribution is 0.149. The number of carbonyl (C=O) groups excluding carboxylic acids is 1. The number of likely N-dealkylation sites (tertiary alicyclic amines) is 1. The molecule has 1 fully saturated rings. The van der Waals surface area contributed by atoms with E-state index in [0.29, 0.717) is 12.6 Å². The van der Waals surface area contributed by atoms with Gasteiger partial charge in [-0.15, -0.1) is 0 Å². The van der Waals surface area contributed by atoms with Crippen LogP contribution in [0.2, 0.25) is 0 Å². The summed E-state index contributed by atoms with van der Waals surface area (Å²) in [7, 11) is 0. The molecule has 0 radical (unpaired) electrons. The van der Waals surface area contributed by atoms with E-state index in [1.165, 1.54) is 16.8 Å². The predicted octanol–water partition coefficient (Wildman–Crippen LogP) is 2.69. The van der Waals surface area contributed by atoms with Crippen LogP contribution in [-0.2, 0) is 12.8 Å². The molecule has 4 rings (SSSR count). The van der Waals surface area contributed by atoms with Crippen LogP contribution in [0.3, 0.4) is 0 Å². The molecule has 2 amide bonds. The Balaban J connectivity index is 1.24. The van der Waals surface area contributed by atoms with Crippen molar-refractivity contribution in [3.8, 4) is 0 Å². The Hall–Kier alpha value is -2.49. The molecule has 124 valence electrons. The van der Waals surface area contributed by atoms with E-state index in [4.69, 9.17) is 0 Å². The Kier molecular flexibility index (Phi) is 4.11. The fourth-order valence-corrected chi connectivity index (χ4v) is 3.63. The third-order valence-electron chi connectivity index (χ3n) is 5.05. The minimum Gasteiger partial charge on any atom is -0.364 e. The van der Waals surface area contributed by atoms with Crippen LogP contribution >= 0.6 is 0 Å². The number of carbonyl (C=O) groups is 1. The molecule has 0 spiro atoms. The van der Waals surface area contributed by atoms with Crippen LogP contribution in [0.5, 0.6) is 0 Å². The zero-order valence-electron chi connectivity index (χ0n) is 13.8. The van der Waals surface area contributed by atoms with Crippen LogP contribution < -0.4 is 10.2 Å². The molecule has 2 aliphatic heterocycles. The van der Waals surface area contributed by atoms with Crippen molar-refractivity contribution < 1.29 is 4.79 Å². The number of hydrogen-bond acceptors (Lipinski definition) is 2. The summed E-state index contributed by atoms with van der Waals surface area (Å²) in [5, 5.41) is 3.03. The Morgan fingerprint density at radius 1 is 1.04 bits per heavy atom. The Labute approximate surface area is 143 Å². The molecule has 0 atom stereocenters. The second-order valence-corrected chi connectivity index (χ2v) is 6.60. The number of urea groups is 1. The molecule has 4 nitrogen and oxygen atoms in total. The maximum absolute atomic E-state index is 12.2. The molecule has 24 heavy (non-hydrogen) atoms. The van der Waals surface area contributed by atoms with Crippen molar-refractivity contribution in [2.75, 3.05) is 31.1 Å². The van der Waals surface area contributed by atoms with Crippen LogP contribution in [0, 0.1) is 0 Å². The van der Waals surface area contributed by atoms with Gasteiger partial charge in [-0.2, -0.15) is 0 Å². The van der Waals surface area contributed by atoms with E-state index >= 15 is 0 Å². The average molecular weight is 321 g/mol. The van der Waals surface area contributed by atoms with E-state index in [0.717, 1.165) is 32.5 Å². The summed E-state index contributed by atoms with van der Waals surface area (Å²) in [6, 6.07) is 19.4. The predicted molar refractivity (Wildman–Crippen MR) is 96.4 cm³/mol. The lowest BCUT2D eigenvalue weighted by Crippen LogP contribution is -2.63. The van der Waals surface area contributed by atoms with E-state index < -0.39 is 0 Å². The average Bonchev–Trinajstić information content (AvgIpc) is 2.99.